The fraction of sp³-hybridized carbons (Fsp3) is 0.500. The molecule has 1 rings (SSSR count). The molecule has 0 heterocycles. The van der Waals surface area contributed by atoms with Crippen molar-refractivity contribution in [3.8, 4) is 0 Å². The van der Waals surface area contributed by atoms with Gasteiger partial charge in [-0.3, -0.25) is 0 Å². The van der Waals surface area contributed by atoms with Crippen LogP contribution < -0.4 is 5.73 Å². The van der Waals surface area contributed by atoms with E-state index in [9.17, 15) is 4.39 Å². The molecule has 0 bridgehead atoms. The number of hydrogen-bond donors (Lipinski definition) is 1. The quantitative estimate of drug-likeness (QED) is 0.886. The third-order valence-electron chi connectivity index (χ3n) is 2.65. The molecular formula is C12H18ClFN2. The molecule has 0 saturated heterocycles. The molecule has 0 saturated carbocycles. The number of likely N-dealkylation sites (N-methyl/N-ethyl adjacent to an activating group) is 1. The van der Waals surface area contributed by atoms with E-state index in [-0.39, 0.29) is 17.9 Å². The van der Waals surface area contributed by atoms with Gasteiger partial charge in [-0.05, 0) is 51.2 Å². The Hall–Kier alpha value is -0.640. The average molecular weight is 245 g/mol. The van der Waals surface area contributed by atoms with Crippen LogP contribution in [-0.4, -0.2) is 25.0 Å². The fourth-order valence-electron chi connectivity index (χ4n) is 1.92. The predicted molar refractivity (Wildman–Crippen MR) is 66.2 cm³/mol. The first kappa shape index (κ1) is 13.4. The summed E-state index contributed by atoms with van der Waals surface area (Å²) in [6, 6.07) is 2.92. The van der Waals surface area contributed by atoms with Crippen molar-refractivity contribution in [1.29, 1.82) is 0 Å². The molecule has 2 atom stereocenters. The molecular weight excluding hydrogens is 227 g/mol. The maximum Gasteiger partial charge on any atom is 0.126 e. The maximum atomic E-state index is 13.5. The summed E-state index contributed by atoms with van der Waals surface area (Å²) >= 11 is 6.14. The molecule has 0 radical (unpaired) electrons. The third-order valence-corrected chi connectivity index (χ3v) is 2.98. The second kappa shape index (κ2) is 5.13. The molecule has 2 nitrogen and oxygen atoms in total. The molecule has 2 N–H and O–H groups in total. The van der Waals surface area contributed by atoms with Gasteiger partial charge in [0.25, 0.3) is 0 Å². The molecule has 4 heteroatoms. The first-order valence-electron chi connectivity index (χ1n) is 5.22. The molecule has 0 aliphatic rings. The van der Waals surface area contributed by atoms with Crippen molar-refractivity contribution in [2.24, 2.45) is 5.73 Å². The Morgan fingerprint density at radius 2 is 1.94 bits per heavy atom. The van der Waals surface area contributed by atoms with E-state index >= 15 is 0 Å². The van der Waals surface area contributed by atoms with Crippen LogP contribution in [0.15, 0.2) is 12.1 Å². The Bertz CT molecular complexity index is 370. The first-order valence-corrected chi connectivity index (χ1v) is 5.60. The maximum absolute atomic E-state index is 13.5. The van der Waals surface area contributed by atoms with Crippen molar-refractivity contribution in [2.75, 3.05) is 14.1 Å². The Kier molecular flexibility index (Phi) is 4.30. The summed E-state index contributed by atoms with van der Waals surface area (Å²) in [5, 5.41) is 0.565. The Morgan fingerprint density at radius 3 is 2.38 bits per heavy atom. The van der Waals surface area contributed by atoms with Gasteiger partial charge >= 0.3 is 0 Å². The second-order valence-corrected chi connectivity index (χ2v) is 4.80. The molecule has 16 heavy (non-hydrogen) atoms. The van der Waals surface area contributed by atoms with Crippen LogP contribution in [0.4, 0.5) is 4.39 Å². The number of aryl methyl sites for hydroxylation is 1. The van der Waals surface area contributed by atoms with Gasteiger partial charge in [0.2, 0.25) is 0 Å². The zero-order valence-corrected chi connectivity index (χ0v) is 10.8. The van der Waals surface area contributed by atoms with E-state index in [4.69, 9.17) is 17.3 Å². The minimum atomic E-state index is -0.244. The smallest absolute Gasteiger partial charge is 0.126 e. The molecule has 0 aliphatic carbocycles. The van der Waals surface area contributed by atoms with Crippen LogP contribution in [-0.2, 0) is 0 Å². The molecule has 1 aromatic rings. The van der Waals surface area contributed by atoms with Crippen molar-refractivity contribution in [3.05, 3.63) is 34.1 Å². The number of rotatable bonds is 3. The van der Waals surface area contributed by atoms with Gasteiger partial charge in [0.1, 0.15) is 5.82 Å². The number of hydrogen-bond acceptors (Lipinski definition) is 2. The van der Waals surface area contributed by atoms with Gasteiger partial charge in [-0.15, -0.1) is 0 Å². The van der Waals surface area contributed by atoms with Crippen LogP contribution in [0.25, 0.3) is 0 Å². The Labute approximate surface area is 101 Å². The van der Waals surface area contributed by atoms with Crippen molar-refractivity contribution in [2.45, 2.75) is 25.9 Å². The summed E-state index contributed by atoms with van der Waals surface area (Å²) in [7, 11) is 3.81. The topological polar surface area (TPSA) is 29.3 Å². The monoisotopic (exact) mass is 244 g/mol. The predicted octanol–water partition coefficient (Wildman–Crippen LogP) is 2.74. The molecule has 0 amide bonds. The van der Waals surface area contributed by atoms with Crippen molar-refractivity contribution in [1.82, 2.24) is 4.90 Å². The van der Waals surface area contributed by atoms with Gasteiger partial charge in [0.15, 0.2) is 0 Å². The van der Waals surface area contributed by atoms with Gasteiger partial charge in [-0.25, -0.2) is 4.39 Å². The van der Waals surface area contributed by atoms with Crippen molar-refractivity contribution in [3.63, 3.8) is 0 Å². The minimum absolute atomic E-state index is 0.0809. The third kappa shape index (κ3) is 2.73. The lowest BCUT2D eigenvalue weighted by atomic mass is 9.98. The Morgan fingerprint density at radius 1 is 1.38 bits per heavy atom. The lowest BCUT2D eigenvalue weighted by Gasteiger charge is -2.29. The highest BCUT2D eigenvalue weighted by Gasteiger charge is 2.22. The minimum Gasteiger partial charge on any atom is -0.326 e. The molecule has 0 fully saturated rings. The largest absolute Gasteiger partial charge is 0.326 e. The van der Waals surface area contributed by atoms with E-state index in [1.165, 1.54) is 6.07 Å². The zero-order valence-electron chi connectivity index (χ0n) is 10.1. The lowest BCUT2D eigenvalue weighted by molar-refractivity contribution is 0.265. The number of benzene rings is 1. The van der Waals surface area contributed by atoms with E-state index in [1.54, 1.807) is 13.0 Å². The van der Waals surface area contributed by atoms with E-state index in [0.717, 1.165) is 5.56 Å². The van der Waals surface area contributed by atoms with Crippen LogP contribution in [0.1, 0.15) is 24.1 Å². The highest BCUT2D eigenvalue weighted by molar-refractivity contribution is 6.31. The second-order valence-electron chi connectivity index (χ2n) is 4.39. The SMILES string of the molecule is Cc1cc(Cl)c(C(C(C)N)N(C)C)cc1F. The van der Waals surface area contributed by atoms with Crippen LogP contribution in [0.2, 0.25) is 5.02 Å². The van der Waals surface area contributed by atoms with Gasteiger partial charge in [-0.1, -0.05) is 11.6 Å². The molecule has 90 valence electrons. The molecule has 2 unspecified atom stereocenters. The van der Waals surface area contributed by atoms with E-state index in [2.05, 4.69) is 0 Å². The highest BCUT2D eigenvalue weighted by atomic mass is 35.5. The Balaban J connectivity index is 3.24. The summed E-state index contributed by atoms with van der Waals surface area (Å²) < 4.78 is 13.5. The van der Waals surface area contributed by atoms with Gasteiger partial charge < -0.3 is 10.6 Å². The average Bonchev–Trinajstić information content (AvgIpc) is 2.12. The summed E-state index contributed by atoms with van der Waals surface area (Å²) in [5.41, 5.74) is 7.20. The van der Waals surface area contributed by atoms with Crippen LogP contribution in [0, 0.1) is 12.7 Å². The zero-order chi connectivity index (χ0) is 12.5. The van der Waals surface area contributed by atoms with Crippen LogP contribution in [0.3, 0.4) is 0 Å². The van der Waals surface area contributed by atoms with Crippen molar-refractivity contribution < 1.29 is 4.39 Å². The summed E-state index contributed by atoms with van der Waals surface area (Å²) in [6.45, 7) is 3.58. The van der Waals surface area contributed by atoms with E-state index < -0.39 is 0 Å². The summed E-state index contributed by atoms with van der Waals surface area (Å²) in [6.07, 6.45) is 0. The molecule has 0 spiro atoms. The normalized spacial score (nSPS) is 15.2. The number of nitrogens with zero attached hydrogens (tertiary/aromatic N) is 1. The number of halogens is 2. The standard InChI is InChI=1S/C12H18ClFN2/c1-7-5-10(13)9(6-11(7)14)12(8(2)15)16(3)4/h5-6,8,12H,15H2,1-4H3. The molecule has 0 aliphatic heterocycles. The first-order chi connectivity index (χ1) is 7.34. The number of nitrogens with two attached hydrogens (primary N) is 1. The van der Waals surface area contributed by atoms with E-state index in [1.807, 2.05) is 25.9 Å². The molecule has 1 aromatic carbocycles. The van der Waals surface area contributed by atoms with Gasteiger partial charge in [0.05, 0.1) is 6.04 Å². The summed E-state index contributed by atoms with van der Waals surface area (Å²) in [4.78, 5) is 1.95. The van der Waals surface area contributed by atoms with Gasteiger partial charge in [0, 0.05) is 11.1 Å². The fourth-order valence-corrected chi connectivity index (χ4v) is 2.25. The van der Waals surface area contributed by atoms with E-state index in [0.29, 0.717) is 10.6 Å². The summed E-state index contributed by atoms with van der Waals surface area (Å²) in [5.74, 6) is -0.244. The van der Waals surface area contributed by atoms with Crippen molar-refractivity contribution >= 4 is 11.6 Å². The van der Waals surface area contributed by atoms with Gasteiger partial charge in [-0.2, -0.15) is 0 Å². The van der Waals surface area contributed by atoms with Crippen LogP contribution in [0.5, 0.6) is 0 Å². The highest BCUT2D eigenvalue weighted by Crippen LogP contribution is 2.30. The lowest BCUT2D eigenvalue weighted by Crippen LogP contribution is -2.35. The molecule has 0 aromatic heterocycles. The van der Waals surface area contributed by atoms with Crippen LogP contribution >= 0.6 is 11.6 Å².